The van der Waals surface area contributed by atoms with Crippen LogP contribution in [0.3, 0.4) is 0 Å². The number of carbonyl (C=O) groups is 2. The number of methoxy groups -OCH3 is 1. The minimum Gasteiger partial charge on any atom is -0.482 e. The summed E-state index contributed by atoms with van der Waals surface area (Å²) in [6.07, 6.45) is 0.732. The van der Waals surface area contributed by atoms with Crippen molar-refractivity contribution in [1.82, 2.24) is 4.98 Å². The zero-order valence-corrected chi connectivity index (χ0v) is 14.7. The third-order valence-corrected chi connectivity index (χ3v) is 4.86. The van der Waals surface area contributed by atoms with Crippen LogP contribution in [-0.4, -0.2) is 48.3 Å². The molecule has 1 aromatic heterocycles. The molecule has 3 rings (SSSR count). The summed E-state index contributed by atoms with van der Waals surface area (Å²) < 4.78 is 10.5. The number of aliphatic carboxylic acids is 1. The fraction of sp³-hybridized carbons (Fsp3) is 0.353. The molecule has 1 aromatic carbocycles. The number of nitrogens with zero attached hydrogens (tertiary/aromatic N) is 2. The summed E-state index contributed by atoms with van der Waals surface area (Å²) in [7, 11) is 1.65. The number of fused-ring (bicyclic) bond motifs is 1. The van der Waals surface area contributed by atoms with E-state index in [-0.39, 0.29) is 12.5 Å². The van der Waals surface area contributed by atoms with Crippen molar-refractivity contribution in [3.8, 4) is 17.0 Å². The van der Waals surface area contributed by atoms with Crippen molar-refractivity contribution in [2.24, 2.45) is 0 Å². The van der Waals surface area contributed by atoms with Crippen molar-refractivity contribution in [2.75, 3.05) is 25.2 Å². The van der Waals surface area contributed by atoms with Gasteiger partial charge in [-0.15, -0.1) is 11.3 Å². The van der Waals surface area contributed by atoms with E-state index >= 15 is 0 Å². The number of carboxylic acid groups (broad SMARTS) is 1. The maximum Gasteiger partial charge on any atom is 0.326 e. The number of anilines is 1. The smallest absolute Gasteiger partial charge is 0.326 e. The monoisotopic (exact) mass is 362 g/mol. The maximum atomic E-state index is 12.2. The van der Waals surface area contributed by atoms with Crippen molar-refractivity contribution in [3.05, 3.63) is 28.6 Å². The zero-order chi connectivity index (χ0) is 18.0. The summed E-state index contributed by atoms with van der Waals surface area (Å²) in [6, 6.07) is 4.37. The molecule has 1 N–H and O–H groups in total. The predicted molar refractivity (Wildman–Crippen MR) is 93.2 cm³/mol. The highest BCUT2D eigenvalue weighted by molar-refractivity contribution is 7.09. The molecule has 2 heterocycles. The van der Waals surface area contributed by atoms with Gasteiger partial charge in [0.2, 0.25) is 0 Å². The van der Waals surface area contributed by atoms with Gasteiger partial charge in [0.1, 0.15) is 11.8 Å². The number of ether oxygens (including phenoxy) is 2. The molecular formula is C17H18N2O5S. The number of carboxylic acids is 1. The van der Waals surface area contributed by atoms with Gasteiger partial charge in [-0.3, -0.25) is 9.69 Å². The van der Waals surface area contributed by atoms with Gasteiger partial charge in [0.25, 0.3) is 5.91 Å². The standard InChI is InChI=1S/C17H18N2O5S/c1-10(17(21)22)19-13-7-11(3-4-14(13)24-8-16(19)20)12-9-25-15(18-12)5-6-23-2/h3-4,7,9-10H,5-6,8H2,1-2H3,(H,21,22). The minimum absolute atomic E-state index is 0.165. The molecule has 1 atom stereocenters. The Kier molecular flexibility index (Phi) is 5.00. The first-order chi connectivity index (χ1) is 12.0. The van der Waals surface area contributed by atoms with Crippen LogP contribution in [0.15, 0.2) is 23.6 Å². The van der Waals surface area contributed by atoms with Gasteiger partial charge in [-0.1, -0.05) is 0 Å². The summed E-state index contributed by atoms with van der Waals surface area (Å²) in [5.41, 5.74) is 2.04. The van der Waals surface area contributed by atoms with Gasteiger partial charge in [-0.25, -0.2) is 9.78 Å². The van der Waals surface area contributed by atoms with E-state index in [9.17, 15) is 14.7 Å². The third kappa shape index (κ3) is 3.49. The second kappa shape index (κ2) is 7.20. The van der Waals surface area contributed by atoms with E-state index in [1.807, 2.05) is 11.4 Å². The quantitative estimate of drug-likeness (QED) is 0.847. The number of hydrogen-bond donors (Lipinski definition) is 1. The van der Waals surface area contributed by atoms with Crippen LogP contribution in [0.2, 0.25) is 0 Å². The fourth-order valence-electron chi connectivity index (χ4n) is 2.61. The van der Waals surface area contributed by atoms with E-state index in [0.717, 1.165) is 22.7 Å². The number of hydrogen-bond acceptors (Lipinski definition) is 6. The summed E-state index contributed by atoms with van der Waals surface area (Å²) >= 11 is 1.54. The summed E-state index contributed by atoms with van der Waals surface area (Å²) in [5, 5.41) is 12.2. The first-order valence-corrected chi connectivity index (χ1v) is 8.64. The number of aromatic nitrogens is 1. The van der Waals surface area contributed by atoms with E-state index in [1.54, 1.807) is 19.2 Å². The van der Waals surface area contributed by atoms with E-state index < -0.39 is 12.0 Å². The molecule has 0 aliphatic carbocycles. The summed E-state index contributed by atoms with van der Waals surface area (Å²) in [4.78, 5) is 29.4. The third-order valence-electron chi connectivity index (χ3n) is 3.95. The average Bonchev–Trinajstić information content (AvgIpc) is 3.07. The van der Waals surface area contributed by atoms with Crippen LogP contribution in [0.25, 0.3) is 11.3 Å². The van der Waals surface area contributed by atoms with Crippen molar-refractivity contribution < 1.29 is 24.2 Å². The Hall–Kier alpha value is -2.45. The summed E-state index contributed by atoms with van der Waals surface area (Å²) in [6.45, 7) is 1.92. The Balaban J connectivity index is 1.96. The van der Waals surface area contributed by atoms with Gasteiger partial charge in [0.05, 0.1) is 23.0 Å². The topological polar surface area (TPSA) is 89.0 Å². The molecule has 0 radical (unpaired) electrons. The van der Waals surface area contributed by atoms with Gasteiger partial charge >= 0.3 is 5.97 Å². The first kappa shape index (κ1) is 17.4. The molecule has 0 bridgehead atoms. The second-order valence-electron chi connectivity index (χ2n) is 5.62. The van der Waals surface area contributed by atoms with E-state index in [1.165, 1.54) is 23.2 Å². The average molecular weight is 362 g/mol. The minimum atomic E-state index is -1.07. The van der Waals surface area contributed by atoms with Crippen LogP contribution in [0.4, 0.5) is 5.69 Å². The molecule has 0 saturated heterocycles. The Morgan fingerprint density at radius 1 is 1.52 bits per heavy atom. The lowest BCUT2D eigenvalue weighted by atomic mass is 10.1. The molecule has 2 aromatic rings. The second-order valence-corrected chi connectivity index (χ2v) is 6.56. The van der Waals surface area contributed by atoms with E-state index in [2.05, 4.69) is 4.98 Å². The number of benzene rings is 1. The van der Waals surface area contributed by atoms with Crippen LogP contribution < -0.4 is 9.64 Å². The molecule has 1 unspecified atom stereocenters. The van der Waals surface area contributed by atoms with Crippen LogP contribution in [0.5, 0.6) is 5.75 Å². The first-order valence-electron chi connectivity index (χ1n) is 7.76. The van der Waals surface area contributed by atoms with Crippen molar-refractivity contribution in [1.29, 1.82) is 0 Å². The van der Waals surface area contributed by atoms with Crippen molar-refractivity contribution in [2.45, 2.75) is 19.4 Å². The number of rotatable bonds is 6. The zero-order valence-electron chi connectivity index (χ0n) is 13.9. The maximum absolute atomic E-state index is 12.2. The van der Waals surface area contributed by atoms with Crippen LogP contribution in [0.1, 0.15) is 11.9 Å². The van der Waals surface area contributed by atoms with Gasteiger partial charge in [0, 0.05) is 24.5 Å². The van der Waals surface area contributed by atoms with Crippen LogP contribution in [-0.2, 0) is 20.7 Å². The SMILES string of the molecule is COCCc1nc(-c2ccc3c(c2)N(C(C)C(=O)O)C(=O)CO3)cs1. The molecule has 25 heavy (non-hydrogen) atoms. The lowest BCUT2D eigenvalue weighted by Gasteiger charge is -2.32. The molecule has 0 spiro atoms. The van der Waals surface area contributed by atoms with Crippen LogP contribution >= 0.6 is 11.3 Å². The molecular weight excluding hydrogens is 344 g/mol. The van der Waals surface area contributed by atoms with Crippen LogP contribution in [0, 0.1) is 0 Å². The number of thiazole rings is 1. The fourth-order valence-corrected chi connectivity index (χ4v) is 3.40. The molecule has 1 aliphatic rings. The lowest BCUT2D eigenvalue weighted by molar-refractivity contribution is -0.140. The Morgan fingerprint density at radius 2 is 2.32 bits per heavy atom. The number of carbonyl (C=O) groups excluding carboxylic acids is 1. The molecule has 0 fully saturated rings. The highest BCUT2D eigenvalue weighted by Crippen LogP contribution is 2.37. The lowest BCUT2D eigenvalue weighted by Crippen LogP contribution is -2.48. The van der Waals surface area contributed by atoms with Gasteiger partial charge < -0.3 is 14.6 Å². The normalized spacial score (nSPS) is 14.8. The summed E-state index contributed by atoms with van der Waals surface area (Å²) in [5.74, 6) is -0.952. The Labute approximate surface area is 148 Å². The van der Waals surface area contributed by atoms with Gasteiger partial charge in [-0.2, -0.15) is 0 Å². The van der Waals surface area contributed by atoms with Crippen molar-refractivity contribution in [3.63, 3.8) is 0 Å². The van der Waals surface area contributed by atoms with E-state index in [4.69, 9.17) is 9.47 Å². The largest absolute Gasteiger partial charge is 0.482 e. The van der Waals surface area contributed by atoms with Crippen molar-refractivity contribution >= 4 is 28.9 Å². The molecule has 1 amide bonds. The highest BCUT2D eigenvalue weighted by Gasteiger charge is 2.33. The van der Waals surface area contributed by atoms with Gasteiger partial charge in [-0.05, 0) is 25.1 Å². The number of amides is 1. The Morgan fingerprint density at radius 3 is 3.04 bits per heavy atom. The van der Waals surface area contributed by atoms with E-state index in [0.29, 0.717) is 18.0 Å². The highest BCUT2D eigenvalue weighted by atomic mass is 32.1. The Bertz CT molecular complexity index is 804. The molecule has 7 nitrogen and oxygen atoms in total. The predicted octanol–water partition coefficient (Wildman–Crippen LogP) is 2.20. The molecule has 132 valence electrons. The molecule has 0 saturated carbocycles. The van der Waals surface area contributed by atoms with Gasteiger partial charge in [0.15, 0.2) is 6.61 Å². The molecule has 8 heteroatoms. The molecule has 1 aliphatic heterocycles.